The molecule has 1 aromatic rings. The first-order valence-corrected chi connectivity index (χ1v) is 8.20. The molecule has 0 saturated carbocycles. The molecule has 0 unspecified atom stereocenters. The van der Waals surface area contributed by atoms with Crippen molar-refractivity contribution in [2.75, 3.05) is 17.4 Å². The Morgan fingerprint density at radius 2 is 2.10 bits per heavy atom. The molecule has 1 aliphatic heterocycles. The van der Waals surface area contributed by atoms with Crippen LogP contribution in [-0.4, -0.2) is 45.3 Å². The Hall–Kier alpha value is -1.21. The van der Waals surface area contributed by atoms with E-state index in [1.807, 2.05) is 0 Å². The number of carbonyl (C=O) groups excluding carboxylic acids is 1. The van der Waals surface area contributed by atoms with Crippen LogP contribution in [0, 0.1) is 5.82 Å². The molecular weight excluding hydrogens is 301 g/mol. The normalized spacial score (nSPS) is 18.2. The van der Waals surface area contributed by atoms with Crippen LogP contribution in [0.5, 0.6) is 0 Å². The fourth-order valence-electron chi connectivity index (χ4n) is 1.82. The number of thioether (sulfide) groups is 2. The molecule has 1 heterocycles. The van der Waals surface area contributed by atoms with Gasteiger partial charge in [0.1, 0.15) is 11.9 Å². The first kappa shape index (κ1) is 15.2. The monoisotopic (exact) mass is 315 g/mol. The van der Waals surface area contributed by atoms with Crippen molar-refractivity contribution in [2.24, 2.45) is 0 Å². The Morgan fingerprint density at radius 3 is 2.75 bits per heavy atom. The van der Waals surface area contributed by atoms with Crippen molar-refractivity contribution in [3.63, 3.8) is 0 Å². The molecule has 0 aromatic heterocycles. The van der Waals surface area contributed by atoms with Gasteiger partial charge in [-0.15, -0.1) is 23.5 Å². The van der Waals surface area contributed by atoms with Crippen molar-refractivity contribution in [1.82, 2.24) is 4.90 Å². The largest absolute Gasteiger partial charge is 0.480 e. The van der Waals surface area contributed by atoms with Gasteiger partial charge < -0.3 is 10.0 Å². The number of aliphatic carboxylic acids is 1. The van der Waals surface area contributed by atoms with Crippen molar-refractivity contribution >= 4 is 35.4 Å². The zero-order chi connectivity index (χ0) is 14.5. The van der Waals surface area contributed by atoms with Crippen LogP contribution in [0.1, 0.15) is 6.42 Å². The lowest BCUT2D eigenvalue weighted by Gasteiger charge is -2.20. The third-order valence-electron chi connectivity index (χ3n) is 2.89. The smallest absolute Gasteiger partial charge is 0.327 e. The van der Waals surface area contributed by atoms with E-state index in [1.54, 1.807) is 12.1 Å². The van der Waals surface area contributed by atoms with E-state index in [-0.39, 0.29) is 18.1 Å². The molecular formula is C13H14FNO3S2. The molecule has 1 saturated heterocycles. The molecule has 1 fully saturated rings. The quantitative estimate of drug-likeness (QED) is 0.845. The van der Waals surface area contributed by atoms with Gasteiger partial charge in [0.2, 0.25) is 5.91 Å². The average Bonchev–Trinajstić information content (AvgIpc) is 2.90. The first-order chi connectivity index (χ1) is 9.58. The molecule has 7 heteroatoms. The predicted molar refractivity (Wildman–Crippen MR) is 77.3 cm³/mol. The van der Waals surface area contributed by atoms with Crippen molar-refractivity contribution in [1.29, 1.82) is 0 Å². The molecule has 2 rings (SSSR count). The lowest BCUT2D eigenvalue weighted by Crippen LogP contribution is -2.41. The summed E-state index contributed by atoms with van der Waals surface area (Å²) in [5.74, 6) is 0.0663. The van der Waals surface area contributed by atoms with Crippen LogP contribution in [0.2, 0.25) is 0 Å². The molecule has 0 spiro atoms. The maximum Gasteiger partial charge on any atom is 0.327 e. The van der Waals surface area contributed by atoms with Crippen LogP contribution >= 0.6 is 23.5 Å². The van der Waals surface area contributed by atoms with Gasteiger partial charge in [-0.05, 0) is 24.3 Å². The third kappa shape index (κ3) is 3.89. The number of carboxylic acid groups (broad SMARTS) is 1. The molecule has 0 aliphatic carbocycles. The second-order valence-electron chi connectivity index (χ2n) is 4.27. The van der Waals surface area contributed by atoms with E-state index < -0.39 is 12.0 Å². The maximum absolute atomic E-state index is 12.7. The molecule has 1 aromatic carbocycles. The summed E-state index contributed by atoms with van der Waals surface area (Å²) in [5, 5.41) is 9.01. The number of nitrogens with zero attached hydrogens (tertiary/aromatic N) is 1. The van der Waals surface area contributed by atoms with Crippen molar-refractivity contribution in [2.45, 2.75) is 17.4 Å². The van der Waals surface area contributed by atoms with E-state index in [4.69, 9.17) is 5.11 Å². The molecule has 1 atom stereocenters. The summed E-state index contributed by atoms with van der Waals surface area (Å²) in [5.41, 5.74) is 0. The van der Waals surface area contributed by atoms with Crippen LogP contribution in [-0.2, 0) is 9.59 Å². The maximum atomic E-state index is 12.7. The van der Waals surface area contributed by atoms with Gasteiger partial charge in [-0.1, -0.05) is 0 Å². The molecule has 1 amide bonds. The van der Waals surface area contributed by atoms with Crippen molar-refractivity contribution < 1.29 is 19.1 Å². The molecule has 4 nitrogen and oxygen atoms in total. The van der Waals surface area contributed by atoms with E-state index in [0.29, 0.717) is 17.4 Å². The first-order valence-electron chi connectivity index (χ1n) is 6.06. The summed E-state index contributed by atoms with van der Waals surface area (Å²) < 4.78 is 12.7. The van der Waals surface area contributed by atoms with E-state index in [0.717, 1.165) is 4.90 Å². The van der Waals surface area contributed by atoms with Crippen LogP contribution in [0.15, 0.2) is 29.2 Å². The molecule has 1 aliphatic rings. The number of carbonyl (C=O) groups is 2. The third-order valence-corrected chi connectivity index (χ3v) is 4.91. The zero-order valence-corrected chi connectivity index (χ0v) is 12.3. The fraction of sp³-hybridized carbons (Fsp3) is 0.385. The van der Waals surface area contributed by atoms with Crippen molar-refractivity contribution in [3.05, 3.63) is 30.1 Å². The highest BCUT2D eigenvalue weighted by molar-refractivity contribution is 7.99. The summed E-state index contributed by atoms with van der Waals surface area (Å²) in [6.07, 6.45) is 0.284. The Kier molecular flexibility index (Phi) is 5.31. The lowest BCUT2D eigenvalue weighted by molar-refractivity contribution is -0.147. The standard InChI is InChI=1S/C13H14FNO3S2/c14-9-1-3-10(4-2-9)20-6-5-12(16)15-8-19-7-11(15)13(17)18/h1-4,11H,5-8H2,(H,17,18)/t11-/m0/s1. The van der Waals surface area contributed by atoms with Gasteiger partial charge in [0, 0.05) is 22.8 Å². The number of hydrogen-bond donors (Lipinski definition) is 1. The van der Waals surface area contributed by atoms with Crippen LogP contribution in [0.25, 0.3) is 0 Å². The predicted octanol–water partition coefficient (Wildman–Crippen LogP) is 2.29. The molecule has 108 valence electrons. The van der Waals surface area contributed by atoms with Gasteiger partial charge in [-0.2, -0.15) is 0 Å². The molecule has 0 radical (unpaired) electrons. The van der Waals surface area contributed by atoms with Crippen LogP contribution in [0.4, 0.5) is 4.39 Å². The van der Waals surface area contributed by atoms with Gasteiger partial charge >= 0.3 is 5.97 Å². The number of rotatable bonds is 5. The molecule has 0 bridgehead atoms. The average molecular weight is 315 g/mol. The summed E-state index contributed by atoms with van der Waals surface area (Å²) in [4.78, 5) is 25.3. The van der Waals surface area contributed by atoms with Crippen molar-refractivity contribution in [3.8, 4) is 0 Å². The number of amides is 1. The fourth-order valence-corrected chi connectivity index (χ4v) is 3.84. The highest BCUT2D eigenvalue weighted by Gasteiger charge is 2.33. The minimum absolute atomic E-state index is 0.142. The Bertz CT molecular complexity index is 495. The molecule has 20 heavy (non-hydrogen) atoms. The summed E-state index contributed by atoms with van der Waals surface area (Å²) in [6.45, 7) is 0. The number of hydrogen-bond acceptors (Lipinski definition) is 4. The van der Waals surface area contributed by atoms with Gasteiger partial charge in [-0.3, -0.25) is 4.79 Å². The second kappa shape index (κ2) is 6.99. The van der Waals surface area contributed by atoms with Crippen LogP contribution in [0.3, 0.4) is 0 Å². The Labute approximate surface area is 124 Å². The topological polar surface area (TPSA) is 57.6 Å². The summed E-state index contributed by atoms with van der Waals surface area (Å²) in [7, 11) is 0. The van der Waals surface area contributed by atoms with Gasteiger partial charge in [0.25, 0.3) is 0 Å². The Morgan fingerprint density at radius 1 is 1.40 bits per heavy atom. The van der Waals surface area contributed by atoms with E-state index >= 15 is 0 Å². The summed E-state index contributed by atoms with van der Waals surface area (Å²) >= 11 is 2.91. The second-order valence-corrected chi connectivity index (χ2v) is 6.44. The van der Waals surface area contributed by atoms with Gasteiger partial charge in [0.05, 0.1) is 5.88 Å². The van der Waals surface area contributed by atoms with E-state index in [1.165, 1.54) is 40.6 Å². The number of benzene rings is 1. The lowest BCUT2D eigenvalue weighted by atomic mass is 10.3. The van der Waals surface area contributed by atoms with E-state index in [9.17, 15) is 14.0 Å². The Balaban J connectivity index is 1.80. The number of carboxylic acids is 1. The SMILES string of the molecule is O=C(O)[C@@H]1CSCN1C(=O)CCSc1ccc(F)cc1. The van der Waals surface area contributed by atoms with E-state index in [2.05, 4.69) is 0 Å². The van der Waals surface area contributed by atoms with Gasteiger partial charge in [-0.25, -0.2) is 9.18 Å². The van der Waals surface area contributed by atoms with Gasteiger partial charge in [0.15, 0.2) is 0 Å². The number of halogens is 1. The zero-order valence-electron chi connectivity index (χ0n) is 10.6. The van der Waals surface area contributed by atoms with Crippen LogP contribution < -0.4 is 0 Å². The summed E-state index contributed by atoms with van der Waals surface area (Å²) in [6, 6.07) is 5.37. The minimum Gasteiger partial charge on any atom is -0.480 e. The minimum atomic E-state index is -0.950. The highest BCUT2D eigenvalue weighted by Crippen LogP contribution is 2.24. The molecule has 1 N–H and O–H groups in total. The highest BCUT2D eigenvalue weighted by atomic mass is 32.2.